The van der Waals surface area contributed by atoms with Crippen molar-refractivity contribution in [2.75, 3.05) is 41.5 Å². The highest BCUT2D eigenvalue weighted by molar-refractivity contribution is 5.74. The molecule has 11 heteroatoms. The molecule has 0 spiro atoms. The van der Waals surface area contributed by atoms with E-state index in [4.69, 9.17) is 28.4 Å². The summed E-state index contributed by atoms with van der Waals surface area (Å²) in [7, 11) is 5.23. The number of likely N-dealkylation sites (N-methyl/N-ethyl adjacent to an activating group) is 1. The van der Waals surface area contributed by atoms with Crippen LogP contribution in [0.15, 0.2) is 6.07 Å². The van der Waals surface area contributed by atoms with Gasteiger partial charge >= 0.3 is 5.97 Å². The van der Waals surface area contributed by atoms with Crippen LogP contribution in [0.2, 0.25) is 0 Å². The number of benzene rings is 2. The van der Waals surface area contributed by atoms with Crippen LogP contribution in [0.5, 0.6) is 28.7 Å². The first kappa shape index (κ1) is 27.6. The smallest absolute Gasteiger partial charge is 0.308 e. The van der Waals surface area contributed by atoms with Crippen LogP contribution < -0.4 is 23.7 Å². The Morgan fingerprint density at radius 3 is 2.54 bits per heavy atom. The van der Waals surface area contributed by atoms with Gasteiger partial charge in [0.25, 0.3) is 0 Å². The minimum Gasteiger partial charge on any atom is -0.493 e. The quantitative estimate of drug-likeness (QED) is 0.316. The largest absolute Gasteiger partial charge is 0.493 e. The third-order valence-electron chi connectivity index (χ3n) is 8.99. The number of rotatable bonds is 6. The van der Waals surface area contributed by atoms with Gasteiger partial charge in [0, 0.05) is 48.4 Å². The van der Waals surface area contributed by atoms with Crippen molar-refractivity contribution in [3.63, 3.8) is 0 Å². The summed E-state index contributed by atoms with van der Waals surface area (Å²) >= 11 is 0. The maximum Gasteiger partial charge on any atom is 0.308 e. The van der Waals surface area contributed by atoms with Gasteiger partial charge in [-0.25, -0.2) is 0 Å². The van der Waals surface area contributed by atoms with Crippen molar-refractivity contribution in [3.05, 3.63) is 39.4 Å². The zero-order valence-electron chi connectivity index (χ0n) is 24.1. The number of hydrogen-bond acceptors (Lipinski definition) is 11. The molecule has 4 aliphatic heterocycles. The van der Waals surface area contributed by atoms with Gasteiger partial charge in [-0.05, 0) is 44.9 Å². The Morgan fingerprint density at radius 1 is 1.12 bits per heavy atom. The summed E-state index contributed by atoms with van der Waals surface area (Å²) in [6, 6.07) is 2.92. The molecule has 4 aliphatic rings. The van der Waals surface area contributed by atoms with Crippen LogP contribution >= 0.6 is 0 Å². The number of ether oxygens (including phenoxy) is 6. The van der Waals surface area contributed by atoms with Crippen molar-refractivity contribution >= 4 is 5.97 Å². The van der Waals surface area contributed by atoms with Gasteiger partial charge in [-0.15, -0.1) is 0 Å². The summed E-state index contributed by atoms with van der Waals surface area (Å²) in [5, 5.41) is 21.5. The van der Waals surface area contributed by atoms with E-state index in [1.807, 2.05) is 20.9 Å². The van der Waals surface area contributed by atoms with Crippen molar-refractivity contribution in [2.45, 2.75) is 63.8 Å². The van der Waals surface area contributed by atoms with Crippen LogP contribution in [0, 0.1) is 25.2 Å². The van der Waals surface area contributed by atoms with Gasteiger partial charge in [0.1, 0.15) is 11.8 Å². The highest BCUT2D eigenvalue weighted by Gasteiger charge is 2.56. The number of aliphatic hydroxyl groups is 1. The predicted octanol–water partition coefficient (Wildman–Crippen LogP) is 2.71. The molecule has 1 saturated heterocycles. The average Bonchev–Trinajstić information content (AvgIpc) is 3.43. The van der Waals surface area contributed by atoms with Gasteiger partial charge in [0.15, 0.2) is 29.8 Å². The molecule has 11 nitrogen and oxygen atoms in total. The fourth-order valence-electron chi connectivity index (χ4n) is 7.53. The lowest BCUT2D eigenvalue weighted by atomic mass is 9.71. The lowest BCUT2D eigenvalue weighted by Gasteiger charge is -2.59. The Morgan fingerprint density at radius 2 is 1.88 bits per heavy atom. The van der Waals surface area contributed by atoms with Crippen molar-refractivity contribution in [1.82, 2.24) is 9.80 Å². The van der Waals surface area contributed by atoms with E-state index in [9.17, 15) is 15.2 Å². The molecular formula is C30H35N3O8. The topological polar surface area (TPSA) is 123 Å². The molecule has 0 aliphatic carbocycles. The van der Waals surface area contributed by atoms with Crippen LogP contribution in [0.4, 0.5) is 0 Å². The van der Waals surface area contributed by atoms with Crippen molar-refractivity contribution in [2.24, 2.45) is 0 Å². The lowest BCUT2D eigenvalue weighted by Crippen LogP contribution is -2.68. The van der Waals surface area contributed by atoms with Gasteiger partial charge in [-0.1, -0.05) is 6.07 Å². The monoisotopic (exact) mass is 565 g/mol. The molecule has 0 saturated carbocycles. The second-order valence-corrected chi connectivity index (χ2v) is 11.1. The lowest BCUT2D eigenvalue weighted by molar-refractivity contribution is -0.132. The number of carbonyl (C=O) groups excluding carboxylic acids is 1. The minimum absolute atomic E-state index is 0.0239. The first-order valence-electron chi connectivity index (χ1n) is 13.7. The molecule has 218 valence electrons. The maximum absolute atomic E-state index is 12.3. The van der Waals surface area contributed by atoms with E-state index in [2.05, 4.69) is 21.9 Å². The highest BCUT2D eigenvalue weighted by Crippen LogP contribution is 2.58. The molecule has 0 radical (unpaired) electrons. The zero-order chi connectivity index (χ0) is 29.2. The first-order valence-corrected chi connectivity index (χ1v) is 13.7. The number of carbonyl (C=O) groups is 1. The van der Waals surface area contributed by atoms with Crippen LogP contribution in [-0.2, 0) is 22.4 Å². The van der Waals surface area contributed by atoms with Gasteiger partial charge in [0.05, 0.1) is 31.9 Å². The van der Waals surface area contributed by atoms with Gasteiger partial charge < -0.3 is 33.5 Å². The number of hydrogen-bond donors (Lipinski definition) is 1. The zero-order valence-corrected chi connectivity index (χ0v) is 24.1. The second kappa shape index (κ2) is 10.4. The predicted molar refractivity (Wildman–Crippen MR) is 145 cm³/mol. The van der Waals surface area contributed by atoms with E-state index in [0.29, 0.717) is 52.7 Å². The van der Waals surface area contributed by atoms with E-state index in [1.54, 1.807) is 14.2 Å². The highest BCUT2D eigenvalue weighted by atomic mass is 16.7. The number of nitrogens with zero attached hydrogens (tertiary/aromatic N) is 3. The molecule has 2 bridgehead atoms. The van der Waals surface area contributed by atoms with Gasteiger partial charge in [-0.2, -0.15) is 5.26 Å². The van der Waals surface area contributed by atoms with Crippen LogP contribution in [0.25, 0.3) is 0 Å². The summed E-state index contributed by atoms with van der Waals surface area (Å²) < 4.78 is 34.9. The Kier molecular flexibility index (Phi) is 6.98. The van der Waals surface area contributed by atoms with E-state index < -0.39 is 18.1 Å². The Labute approximate surface area is 239 Å². The number of piperazine rings is 1. The second-order valence-electron chi connectivity index (χ2n) is 11.1. The molecule has 6 rings (SSSR count). The summed E-state index contributed by atoms with van der Waals surface area (Å²) in [6.07, 6.45) is 1.05. The van der Waals surface area contributed by atoms with E-state index in [1.165, 1.54) is 6.92 Å². The fraction of sp³-hybridized carbons (Fsp3) is 0.533. The molecule has 5 atom stereocenters. The molecule has 1 N–H and O–H groups in total. The van der Waals surface area contributed by atoms with Crippen LogP contribution in [0.3, 0.4) is 0 Å². The van der Waals surface area contributed by atoms with Gasteiger partial charge in [-0.3, -0.25) is 14.6 Å². The van der Waals surface area contributed by atoms with Crippen LogP contribution in [-0.4, -0.2) is 80.5 Å². The SMILES string of the molecule is COCOc1c(OC)c(C)cc2c1[C@H]1[C@@H]3Cc4c(OC(C)=O)c(C)c5c(c4[C@H](CO)N3[C@@H](C#N)[C@H](C2)N1C)OCO5. The normalized spacial score (nSPS) is 26.0. The standard InChI is InChI=1S/C30H35N3O8/c1-14-7-17-8-19-21(10-31)33-20(25(32(19)4)23(17)29(26(14)37-6)38-12-36-5)9-18-24(22(33)11-34)30-28(39-13-40-30)15(2)27(18)41-16(3)35/h7,19-22,25,34H,8-9,11-13H2,1-6H3/t19-,20-,21-,22-,25+/m0/s1. The van der Waals surface area contributed by atoms with E-state index in [0.717, 1.165) is 22.3 Å². The molecule has 2 aromatic rings. The number of esters is 1. The summed E-state index contributed by atoms with van der Waals surface area (Å²) in [6.45, 7) is 4.99. The number of methoxy groups -OCH3 is 2. The first-order chi connectivity index (χ1) is 19.8. The number of fused-ring (bicyclic) bond motifs is 9. The summed E-state index contributed by atoms with van der Waals surface area (Å²) in [5.41, 5.74) is 5.15. The van der Waals surface area contributed by atoms with Crippen molar-refractivity contribution < 1.29 is 38.3 Å². The summed E-state index contributed by atoms with van der Waals surface area (Å²) in [4.78, 5) is 16.6. The Bertz CT molecular complexity index is 1450. The molecule has 0 aromatic heterocycles. The third-order valence-corrected chi connectivity index (χ3v) is 8.99. The maximum atomic E-state index is 12.3. The molecule has 0 amide bonds. The number of aryl methyl sites for hydroxylation is 1. The molecular weight excluding hydrogens is 530 g/mol. The third kappa shape index (κ3) is 3.96. The Hall–Kier alpha value is -3.56. The van der Waals surface area contributed by atoms with Crippen LogP contribution in [0.1, 0.15) is 52.4 Å². The van der Waals surface area contributed by atoms with Crippen molar-refractivity contribution in [1.29, 1.82) is 5.26 Å². The molecule has 4 heterocycles. The fourth-order valence-corrected chi connectivity index (χ4v) is 7.53. The van der Waals surface area contributed by atoms with Gasteiger partial charge in [0.2, 0.25) is 6.79 Å². The Balaban J connectivity index is 1.61. The van der Waals surface area contributed by atoms with E-state index >= 15 is 0 Å². The number of aliphatic hydroxyl groups excluding tert-OH is 1. The molecule has 2 aromatic carbocycles. The molecule has 1 fully saturated rings. The molecule has 0 unspecified atom stereocenters. The summed E-state index contributed by atoms with van der Waals surface area (Å²) in [5.74, 6) is 2.25. The number of nitriles is 1. The average molecular weight is 566 g/mol. The van der Waals surface area contributed by atoms with E-state index in [-0.39, 0.29) is 38.3 Å². The minimum atomic E-state index is -0.588. The molecule has 41 heavy (non-hydrogen) atoms. The van der Waals surface area contributed by atoms with Crippen molar-refractivity contribution in [3.8, 4) is 34.8 Å².